The Kier molecular flexibility index (Phi) is 8.11. The van der Waals surface area contributed by atoms with E-state index in [2.05, 4.69) is 10.2 Å². The minimum Gasteiger partial charge on any atom is -0.496 e. The zero-order valence-electron chi connectivity index (χ0n) is 12.9. The van der Waals surface area contributed by atoms with Gasteiger partial charge in [-0.1, -0.05) is 18.2 Å². The van der Waals surface area contributed by atoms with Crippen molar-refractivity contribution in [1.29, 1.82) is 0 Å². The summed E-state index contributed by atoms with van der Waals surface area (Å²) in [5.74, 6) is 0.789. The summed E-state index contributed by atoms with van der Waals surface area (Å²) in [5, 5.41) is 3.31. The van der Waals surface area contributed by atoms with Crippen molar-refractivity contribution in [2.45, 2.75) is 12.2 Å². The van der Waals surface area contributed by atoms with Crippen molar-refractivity contribution < 1.29 is 22.6 Å². The van der Waals surface area contributed by atoms with Gasteiger partial charge in [-0.3, -0.25) is 4.90 Å². The molecular weight excluding hydrogens is 333 g/mol. The van der Waals surface area contributed by atoms with Crippen molar-refractivity contribution in [3.8, 4) is 5.75 Å². The van der Waals surface area contributed by atoms with E-state index in [1.54, 1.807) is 7.11 Å². The SMILES string of the molecule is COc1ccccc1C1CNCCN1CCOCC(F)(F)F.Cl. The number of hydrogen-bond donors (Lipinski definition) is 1. The Morgan fingerprint density at radius 2 is 2.04 bits per heavy atom. The molecule has 0 saturated carbocycles. The van der Waals surface area contributed by atoms with E-state index in [0.29, 0.717) is 6.54 Å². The molecule has 1 aliphatic heterocycles. The van der Waals surface area contributed by atoms with Crippen molar-refractivity contribution in [3.05, 3.63) is 29.8 Å². The minimum absolute atomic E-state index is 0. The van der Waals surface area contributed by atoms with Crippen LogP contribution in [-0.4, -0.2) is 57.6 Å². The number of nitrogens with one attached hydrogen (secondary N) is 1. The van der Waals surface area contributed by atoms with Crippen LogP contribution in [0.3, 0.4) is 0 Å². The fourth-order valence-electron chi connectivity index (χ4n) is 2.63. The summed E-state index contributed by atoms with van der Waals surface area (Å²) in [7, 11) is 1.62. The van der Waals surface area contributed by atoms with Gasteiger partial charge in [0, 0.05) is 31.7 Å². The smallest absolute Gasteiger partial charge is 0.411 e. The van der Waals surface area contributed by atoms with Crippen LogP contribution in [0.4, 0.5) is 13.2 Å². The highest BCUT2D eigenvalue weighted by Gasteiger charge is 2.29. The molecular formula is C15H22ClF3N2O2. The summed E-state index contributed by atoms with van der Waals surface area (Å²) in [4.78, 5) is 2.13. The molecule has 0 aliphatic carbocycles. The number of nitrogens with zero attached hydrogens (tertiary/aromatic N) is 1. The Bertz CT molecular complexity index is 474. The maximum atomic E-state index is 12.1. The van der Waals surface area contributed by atoms with E-state index in [0.717, 1.165) is 30.9 Å². The van der Waals surface area contributed by atoms with E-state index in [1.165, 1.54) is 0 Å². The standard InChI is InChI=1S/C15H21F3N2O2.ClH/c1-21-14-5-3-2-4-12(14)13-10-19-6-7-20(13)8-9-22-11-15(16,17)18;/h2-5,13,19H,6-11H2,1H3;1H. The summed E-state index contributed by atoms with van der Waals surface area (Å²) in [5.41, 5.74) is 1.04. The van der Waals surface area contributed by atoms with Gasteiger partial charge in [-0.2, -0.15) is 13.2 Å². The number of hydrogen-bond acceptors (Lipinski definition) is 4. The molecule has 0 bridgehead atoms. The zero-order valence-corrected chi connectivity index (χ0v) is 13.8. The molecule has 1 atom stereocenters. The second-order valence-corrected chi connectivity index (χ2v) is 5.17. The van der Waals surface area contributed by atoms with Crippen LogP contribution in [0.5, 0.6) is 5.75 Å². The van der Waals surface area contributed by atoms with Crippen molar-refractivity contribution in [1.82, 2.24) is 10.2 Å². The first-order valence-electron chi connectivity index (χ1n) is 7.23. The van der Waals surface area contributed by atoms with Crippen molar-refractivity contribution >= 4 is 12.4 Å². The number of rotatable bonds is 6. The lowest BCUT2D eigenvalue weighted by Gasteiger charge is -2.37. The van der Waals surface area contributed by atoms with Crippen LogP contribution in [0.25, 0.3) is 0 Å². The molecule has 23 heavy (non-hydrogen) atoms. The first kappa shape index (κ1) is 20.0. The van der Waals surface area contributed by atoms with Gasteiger partial charge in [0.2, 0.25) is 0 Å². The van der Waals surface area contributed by atoms with Crippen LogP contribution in [0.2, 0.25) is 0 Å². The van der Waals surface area contributed by atoms with E-state index in [1.807, 2.05) is 24.3 Å². The van der Waals surface area contributed by atoms with Gasteiger partial charge in [0.05, 0.1) is 19.8 Å². The molecule has 1 fully saturated rings. The predicted octanol–water partition coefficient (Wildman–Crippen LogP) is 2.64. The second kappa shape index (κ2) is 9.32. The van der Waals surface area contributed by atoms with E-state index in [9.17, 15) is 13.2 Å². The minimum atomic E-state index is -4.27. The molecule has 0 aromatic heterocycles. The highest BCUT2D eigenvalue weighted by molar-refractivity contribution is 5.85. The molecule has 1 saturated heterocycles. The van der Waals surface area contributed by atoms with E-state index < -0.39 is 12.8 Å². The van der Waals surface area contributed by atoms with Gasteiger partial charge in [0.15, 0.2) is 0 Å². The average Bonchev–Trinajstić information content (AvgIpc) is 2.51. The molecule has 0 amide bonds. The van der Waals surface area contributed by atoms with Crippen LogP contribution >= 0.6 is 12.4 Å². The Labute approximate surface area is 140 Å². The van der Waals surface area contributed by atoms with Crippen molar-refractivity contribution in [2.75, 3.05) is 46.5 Å². The third-order valence-electron chi connectivity index (χ3n) is 3.64. The molecule has 8 heteroatoms. The number of methoxy groups -OCH3 is 1. The summed E-state index contributed by atoms with van der Waals surface area (Å²) in [6.07, 6.45) is -4.27. The van der Waals surface area contributed by atoms with Crippen molar-refractivity contribution in [2.24, 2.45) is 0 Å². The molecule has 1 aromatic rings. The Morgan fingerprint density at radius 1 is 1.30 bits per heavy atom. The van der Waals surface area contributed by atoms with Crippen LogP contribution in [0, 0.1) is 0 Å². The maximum Gasteiger partial charge on any atom is 0.411 e. The quantitative estimate of drug-likeness (QED) is 0.796. The molecule has 1 aliphatic rings. The molecule has 1 N–H and O–H groups in total. The summed E-state index contributed by atoms with van der Waals surface area (Å²) >= 11 is 0. The Hall–Kier alpha value is -1.02. The van der Waals surface area contributed by atoms with Crippen LogP contribution < -0.4 is 10.1 Å². The highest BCUT2D eigenvalue weighted by atomic mass is 35.5. The summed E-state index contributed by atoms with van der Waals surface area (Å²) in [6, 6.07) is 7.78. The molecule has 0 radical (unpaired) electrons. The van der Waals surface area contributed by atoms with Crippen LogP contribution in [0.15, 0.2) is 24.3 Å². The maximum absolute atomic E-state index is 12.1. The Balaban J connectivity index is 0.00000264. The first-order valence-corrected chi connectivity index (χ1v) is 7.23. The summed E-state index contributed by atoms with van der Waals surface area (Å²) < 4.78 is 46.4. The van der Waals surface area contributed by atoms with Crippen LogP contribution in [0.1, 0.15) is 11.6 Å². The largest absolute Gasteiger partial charge is 0.496 e. The van der Waals surface area contributed by atoms with Gasteiger partial charge < -0.3 is 14.8 Å². The van der Waals surface area contributed by atoms with Gasteiger partial charge in [0.1, 0.15) is 12.4 Å². The lowest BCUT2D eigenvalue weighted by molar-refractivity contribution is -0.175. The predicted molar refractivity (Wildman–Crippen MR) is 84.3 cm³/mol. The average molecular weight is 355 g/mol. The highest BCUT2D eigenvalue weighted by Crippen LogP contribution is 2.29. The van der Waals surface area contributed by atoms with E-state index in [-0.39, 0.29) is 25.1 Å². The molecule has 2 rings (SSSR count). The lowest BCUT2D eigenvalue weighted by Crippen LogP contribution is -2.47. The van der Waals surface area contributed by atoms with Gasteiger partial charge in [-0.15, -0.1) is 12.4 Å². The normalized spacial score (nSPS) is 19.2. The van der Waals surface area contributed by atoms with Crippen LogP contribution in [-0.2, 0) is 4.74 Å². The molecule has 1 heterocycles. The van der Waals surface area contributed by atoms with E-state index >= 15 is 0 Å². The Morgan fingerprint density at radius 3 is 2.74 bits per heavy atom. The number of piperazine rings is 1. The van der Waals surface area contributed by atoms with Gasteiger partial charge >= 0.3 is 6.18 Å². The molecule has 4 nitrogen and oxygen atoms in total. The third kappa shape index (κ3) is 6.18. The third-order valence-corrected chi connectivity index (χ3v) is 3.64. The number of benzene rings is 1. The van der Waals surface area contributed by atoms with Crippen molar-refractivity contribution in [3.63, 3.8) is 0 Å². The molecule has 1 unspecified atom stereocenters. The molecule has 0 spiro atoms. The van der Waals surface area contributed by atoms with Gasteiger partial charge in [0.25, 0.3) is 0 Å². The topological polar surface area (TPSA) is 33.7 Å². The number of halogens is 4. The number of para-hydroxylation sites is 1. The molecule has 1 aromatic carbocycles. The van der Waals surface area contributed by atoms with Gasteiger partial charge in [-0.05, 0) is 6.07 Å². The summed E-state index contributed by atoms with van der Waals surface area (Å²) in [6.45, 7) is 1.63. The fraction of sp³-hybridized carbons (Fsp3) is 0.600. The number of alkyl halides is 3. The number of ether oxygens (including phenoxy) is 2. The first-order chi connectivity index (χ1) is 10.5. The van der Waals surface area contributed by atoms with E-state index in [4.69, 9.17) is 9.47 Å². The fourth-order valence-corrected chi connectivity index (χ4v) is 2.63. The molecule has 132 valence electrons. The van der Waals surface area contributed by atoms with Gasteiger partial charge in [-0.25, -0.2) is 0 Å². The zero-order chi connectivity index (χ0) is 16.0. The lowest BCUT2D eigenvalue weighted by atomic mass is 10.0. The monoisotopic (exact) mass is 354 g/mol. The second-order valence-electron chi connectivity index (χ2n) is 5.17.